The molecule has 0 fully saturated rings. The minimum absolute atomic E-state index is 0.0465. The second-order valence-corrected chi connectivity index (χ2v) is 5.94. The van der Waals surface area contributed by atoms with E-state index in [0.717, 1.165) is 36.1 Å². The first-order valence-electron chi connectivity index (χ1n) is 8.49. The molecule has 0 bridgehead atoms. The van der Waals surface area contributed by atoms with Crippen LogP contribution in [0.15, 0.2) is 47.6 Å². The maximum absolute atomic E-state index is 5.93. The lowest BCUT2D eigenvalue weighted by Gasteiger charge is -2.27. The SMILES string of the molecule is CN=C(NCCc1ccc(C)nc1)NCC1COc2ccccc2O1. The number of benzene rings is 1. The molecule has 1 aromatic heterocycles. The summed E-state index contributed by atoms with van der Waals surface area (Å²) in [6.07, 6.45) is 2.76. The fourth-order valence-corrected chi connectivity index (χ4v) is 2.57. The number of nitrogens with zero attached hydrogens (tertiary/aromatic N) is 2. The number of nitrogens with one attached hydrogen (secondary N) is 2. The van der Waals surface area contributed by atoms with Crippen molar-refractivity contribution < 1.29 is 9.47 Å². The minimum atomic E-state index is -0.0465. The average Bonchev–Trinajstić information content (AvgIpc) is 2.66. The summed E-state index contributed by atoms with van der Waals surface area (Å²) in [7, 11) is 1.76. The van der Waals surface area contributed by atoms with Gasteiger partial charge in [0.1, 0.15) is 12.7 Å². The summed E-state index contributed by atoms with van der Waals surface area (Å²) < 4.78 is 11.7. The molecule has 0 aliphatic carbocycles. The number of aromatic nitrogens is 1. The Labute approximate surface area is 148 Å². The summed E-state index contributed by atoms with van der Waals surface area (Å²) in [5, 5.41) is 6.59. The average molecular weight is 340 g/mol. The van der Waals surface area contributed by atoms with Crippen LogP contribution in [0.2, 0.25) is 0 Å². The van der Waals surface area contributed by atoms with Gasteiger partial charge in [-0.2, -0.15) is 0 Å². The van der Waals surface area contributed by atoms with E-state index in [-0.39, 0.29) is 6.10 Å². The van der Waals surface area contributed by atoms with Crippen LogP contribution in [0.25, 0.3) is 0 Å². The number of para-hydroxylation sites is 2. The first kappa shape index (κ1) is 17.1. The third kappa shape index (κ3) is 4.86. The van der Waals surface area contributed by atoms with Crippen LogP contribution >= 0.6 is 0 Å². The van der Waals surface area contributed by atoms with E-state index in [2.05, 4.69) is 26.7 Å². The van der Waals surface area contributed by atoms with E-state index in [4.69, 9.17) is 9.47 Å². The van der Waals surface area contributed by atoms with E-state index in [1.54, 1.807) is 7.05 Å². The Morgan fingerprint density at radius 3 is 2.80 bits per heavy atom. The maximum Gasteiger partial charge on any atom is 0.191 e. The Balaban J connectivity index is 1.41. The van der Waals surface area contributed by atoms with E-state index in [1.807, 2.05) is 43.5 Å². The Morgan fingerprint density at radius 1 is 1.20 bits per heavy atom. The molecule has 0 amide bonds. The van der Waals surface area contributed by atoms with Crippen molar-refractivity contribution >= 4 is 5.96 Å². The zero-order valence-corrected chi connectivity index (χ0v) is 14.7. The molecule has 1 atom stereocenters. The Kier molecular flexibility index (Phi) is 5.72. The van der Waals surface area contributed by atoms with Crippen LogP contribution in [-0.4, -0.2) is 43.8 Å². The molecule has 0 saturated heterocycles. The zero-order valence-electron chi connectivity index (χ0n) is 14.7. The standard InChI is InChI=1S/C19H24N4O2/c1-14-7-8-15(11-22-14)9-10-21-19(20-2)23-12-16-13-24-17-5-3-4-6-18(17)25-16/h3-8,11,16H,9-10,12-13H2,1-2H3,(H2,20,21,23). The van der Waals surface area contributed by atoms with E-state index in [0.29, 0.717) is 13.2 Å². The van der Waals surface area contributed by atoms with E-state index in [9.17, 15) is 0 Å². The van der Waals surface area contributed by atoms with Gasteiger partial charge < -0.3 is 20.1 Å². The van der Waals surface area contributed by atoms with Gasteiger partial charge in [0.15, 0.2) is 17.5 Å². The molecule has 6 heteroatoms. The second kappa shape index (κ2) is 8.37. The highest BCUT2D eigenvalue weighted by atomic mass is 16.6. The molecular formula is C19H24N4O2. The Bertz CT molecular complexity index is 716. The summed E-state index contributed by atoms with van der Waals surface area (Å²) in [6, 6.07) is 11.9. The fraction of sp³-hybridized carbons (Fsp3) is 0.368. The van der Waals surface area contributed by atoms with Gasteiger partial charge in [-0.3, -0.25) is 9.98 Å². The molecule has 0 spiro atoms. The van der Waals surface area contributed by atoms with Gasteiger partial charge in [-0.25, -0.2) is 0 Å². The molecule has 1 aromatic carbocycles. The highest BCUT2D eigenvalue weighted by Gasteiger charge is 2.20. The molecule has 2 heterocycles. The van der Waals surface area contributed by atoms with Gasteiger partial charge in [0, 0.05) is 25.5 Å². The van der Waals surface area contributed by atoms with Crippen molar-refractivity contribution in [1.82, 2.24) is 15.6 Å². The fourth-order valence-electron chi connectivity index (χ4n) is 2.57. The van der Waals surface area contributed by atoms with E-state index >= 15 is 0 Å². The molecule has 25 heavy (non-hydrogen) atoms. The topological polar surface area (TPSA) is 67.8 Å². The van der Waals surface area contributed by atoms with Crippen LogP contribution in [-0.2, 0) is 6.42 Å². The maximum atomic E-state index is 5.93. The first-order valence-corrected chi connectivity index (χ1v) is 8.49. The minimum Gasteiger partial charge on any atom is -0.486 e. The summed E-state index contributed by atoms with van der Waals surface area (Å²) in [6.45, 7) is 3.93. The highest BCUT2D eigenvalue weighted by Crippen LogP contribution is 2.30. The smallest absolute Gasteiger partial charge is 0.191 e. The van der Waals surface area contributed by atoms with Gasteiger partial charge >= 0.3 is 0 Å². The number of rotatable bonds is 5. The third-order valence-corrected chi connectivity index (χ3v) is 3.97. The summed E-state index contributed by atoms with van der Waals surface area (Å²) in [4.78, 5) is 8.55. The van der Waals surface area contributed by atoms with Gasteiger partial charge in [-0.15, -0.1) is 0 Å². The Hall–Kier alpha value is -2.76. The van der Waals surface area contributed by atoms with Crippen LogP contribution in [0.5, 0.6) is 11.5 Å². The predicted molar refractivity (Wildman–Crippen MR) is 98.4 cm³/mol. The number of hydrogen-bond donors (Lipinski definition) is 2. The molecule has 1 aliphatic rings. The quantitative estimate of drug-likeness (QED) is 0.643. The van der Waals surface area contributed by atoms with E-state index in [1.165, 1.54) is 5.56 Å². The predicted octanol–water partition coefficient (Wildman–Crippen LogP) is 1.94. The van der Waals surface area contributed by atoms with Gasteiger partial charge in [-0.05, 0) is 37.1 Å². The van der Waals surface area contributed by atoms with Crippen molar-refractivity contribution in [2.45, 2.75) is 19.4 Å². The molecule has 2 aromatic rings. The van der Waals surface area contributed by atoms with Gasteiger partial charge in [0.05, 0.1) is 6.54 Å². The van der Waals surface area contributed by atoms with Crippen molar-refractivity contribution in [3.63, 3.8) is 0 Å². The third-order valence-electron chi connectivity index (χ3n) is 3.97. The Morgan fingerprint density at radius 2 is 2.04 bits per heavy atom. The van der Waals surface area contributed by atoms with Crippen LogP contribution in [0.3, 0.4) is 0 Å². The highest BCUT2D eigenvalue weighted by molar-refractivity contribution is 5.79. The van der Waals surface area contributed by atoms with E-state index < -0.39 is 0 Å². The molecule has 0 saturated carbocycles. The second-order valence-electron chi connectivity index (χ2n) is 5.94. The lowest BCUT2D eigenvalue weighted by Crippen LogP contribution is -2.45. The normalized spacial score (nSPS) is 16.4. The summed E-state index contributed by atoms with van der Waals surface area (Å²) >= 11 is 0. The van der Waals surface area contributed by atoms with Crippen molar-refractivity contribution in [1.29, 1.82) is 0 Å². The molecule has 3 rings (SSSR count). The summed E-state index contributed by atoms with van der Waals surface area (Å²) in [5.74, 6) is 2.34. The number of pyridine rings is 1. The molecule has 0 radical (unpaired) electrons. The number of ether oxygens (including phenoxy) is 2. The number of aryl methyl sites for hydroxylation is 1. The van der Waals surface area contributed by atoms with Crippen molar-refractivity contribution in [3.05, 3.63) is 53.9 Å². The molecule has 1 unspecified atom stereocenters. The van der Waals surface area contributed by atoms with Crippen LogP contribution < -0.4 is 20.1 Å². The molecule has 1 aliphatic heterocycles. The number of aliphatic imine (C=N–C) groups is 1. The van der Waals surface area contributed by atoms with Gasteiger partial charge in [0.25, 0.3) is 0 Å². The largest absolute Gasteiger partial charge is 0.486 e. The van der Waals surface area contributed by atoms with Gasteiger partial charge in [0.2, 0.25) is 0 Å². The van der Waals surface area contributed by atoms with Crippen molar-refractivity contribution in [2.75, 3.05) is 26.7 Å². The van der Waals surface area contributed by atoms with Crippen LogP contribution in [0, 0.1) is 6.92 Å². The molecular weight excluding hydrogens is 316 g/mol. The van der Waals surface area contributed by atoms with Crippen molar-refractivity contribution in [2.24, 2.45) is 4.99 Å². The monoisotopic (exact) mass is 340 g/mol. The lowest BCUT2D eigenvalue weighted by molar-refractivity contribution is 0.0936. The lowest BCUT2D eigenvalue weighted by atomic mass is 10.2. The van der Waals surface area contributed by atoms with Crippen LogP contribution in [0.1, 0.15) is 11.3 Å². The summed E-state index contributed by atoms with van der Waals surface area (Å²) in [5.41, 5.74) is 2.24. The molecule has 2 N–H and O–H groups in total. The van der Waals surface area contributed by atoms with Crippen LogP contribution in [0.4, 0.5) is 0 Å². The number of hydrogen-bond acceptors (Lipinski definition) is 4. The van der Waals surface area contributed by atoms with Crippen molar-refractivity contribution in [3.8, 4) is 11.5 Å². The van der Waals surface area contributed by atoms with Gasteiger partial charge in [-0.1, -0.05) is 18.2 Å². The molecule has 132 valence electrons. The zero-order chi connectivity index (χ0) is 17.5. The number of guanidine groups is 1. The number of fused-ring (bicyclic) bond motifs is 1. The first-order chi connectivity index (χ1) is 12.2. The molecule has 6 nitrogen and oxygen atoms in total.